The highest BCUT2D eigenvalue weighted by molar-refractivity contribution is 6.00. The Morgan fingerprint density at radius 2 is 2.02 bits per heavy atom. The molecule has 240 valence electrons. The first-order valence-electron chi connectivity index (χ1n) is 15.3. The average molecular weight is 633 g/mol. The number of phenolic OH excluding ortho intramolecular Hbond substituents is 1. The van der Waals surface area contributed by atoms with Crippen molar-refractivity contribution in [3.05, 3.63) is 70.1 Å². The SMILES string of the molecule is COc1nc(N2CCOC(c3cn[nH]c3)C2)c2c(=O)oc(-c3cc(O)cc4cccc(F)c34)c(C)c2n1.FC1CC2CCCN2C1. The summed E-state index contributed by atoms with van der Waals surface area (Å²) in [6, 6.07) is 8.05. The van der Waals surface area contributed by atoms with Gasteiger partial charge in [-0.3, -0.25) is 10.00 Å². The summed E-state index contributed by atoms with van der Waals surface area (Å²) < 4.78 is 44.6. The first kappa shape index (κ1) is 30.1. The molecule has 13 heteroatoms. The minimum Gasteiger partial charge on any atom is -0.508 e. The van der Waals surface area contributed by atoms with Crippen molar-refractivity contribution in [3.63, 3.8) is 0 Å². The fourth-order valence-electron chi connectivity index (χ4n) is 6.85. The van der Waals surface area contributed by atoms with Crippen LogP contribution in [0.1, 0.15) is 36.5 Å². The number of anilines is 1. The second-order valence-corrected chi connectivity index (χ2v) is 11.9. The van der Waals surface area contributed by atoms with Crippen molar-refractivity contribution in [2.45, 2.75) is 44.5 Å². The fourth-order valence-corrected chi connectivity index (χ4v) is 6.85. The Labute approximate surface area is 262 Å². The van der Waals surface area contributed by atoms with Crippen LogP contribution in [0.3, 0.4) is 0 Å². The summed E-state index contributed by atoms with van der Waals surface area (Å²) in [5.41, 5.74) is 1.22. The second-order valence-electron chi connectivity index (χ2n) is 11.9. The van der Waals surface area contributed by atoms with E-state index in [-0.39, 0.29) is 40.0 Å². The number of alkyl halides is 1. The Morgan fingerprint density at radius 3 is 2.80 bits per heavy atom. The lowest BCUT2D eigenvalue weighted by atomic mass is 9.98. The standard InChI is InChI=1S/C26H22FN5O5.C7H12FN/c1-13-22-21(25(34)37-23(13)17-9-16(33)8-14-4-3-5-18(27)20(14)17)24(31-26(30-22)35-2)32-6-7-36-19(12-32)15-10-28-29-11-15;8-6-4-7-2-1-3-9(7)5-6/h3-5,8-11,19,33H,6-7,12H2,1-2H3,(H,28,29);6-7H,1-5H2. The summed E-state index contributed by atoms with van der Waals surface area (Å²) in [5.74, 6) is -0.133. The molecule has 46 heavy (non-hydrogen) atoms. The molecular formula is C33H34F2N6O5. The van der Waals surface area contributed by atoms with Gasteiger partial charge in [0.2, 0.25) is 0 Å². The lowest BCUT2D eigenvalue weighted by Gasteiger charge is -2.33. The van der Waals surface area contributed by atoms with Crippen molar-refractivity contribution in [1.82, 2.24) is 25.1 Å². The summed E-state index contributed by atoms with van der Waals surface area (Å²) in [7, 11) is 1.44. The first-order chi connectivity index (χ1) is 22.3. The quantitative estimate of drug-likeness (QED) is 0.277. The predicted molar refractivity (Wildman–Crippen MR) is 168 cm³/mol. The number of nitrogens with zero attached hydrogens (tertiary/aromatic N) is 5. The van der Waals surface area contributed by atoms with Crippen molar-refractivity contribution < 1.29 is 27.8 Å². The van der Waals surface area contributed by atoms with Crippen LogP contribution >= 0.6 is 0 Å². The lowest BCUT2D eigenvalue weighted by molar-refractivity contribution is 0.0396. The number of benzene rings is 2. The summed E-state index contributed by atoms with van der Waals surface area (Å²) in [6.45, 7) is 4.88. The molecule has 2 N–H and O–H groups in total. The van der Waals surface area contributed by atoms with Crippen LogP contribution in [0.15, 0.2) is 51.9 Å². The third-order valence-corrected chi connectivity index (χ3v) is 9.02. The molecule has 0 aliphatic carbocycles. The van der Waals surface area contributed by atoms with Crippen LogP contribution in [0.25, 0.3) is 33.0 Å². The van der Waals surface area contributed by atoms with E-state index in [1.807, 2.05) is 4.90 Å². The number of nitrogens with one attached hydrogen (secondary N) is 1. The molecule has 3 aliphatic rings. The van der Waals surface area contributed by atoms with Gasteiger partial charge in [0, 0.05) is 47.4 Å². The topological polar surface area (TPSA) is 130 Å². The van der Waals surface area contributed by atoms with Gasteiger partial charge in [-0.2, -0.15) is 15.1 Å². The minimum absolute atomic E-state index is 0.0699. The van der Waals surface area contributed by atoms with E-state index in [9.17, 15) is 18.7 Å². The maximum Gasteiger partial charge on any atom is 0.349 e. The molecule has 3 aromatic heterocycles. The summed E-state index contributed by atoms with van der Waals surface area (Å²) >= 11 is 0. The van der Waals surface area contributed by atoms with E-state index in [1.54, 1.807) is 31.5 Å². The monoisotopic (exact) mass is 632 g/mol. The van der Waals surface area contributed by atoms with Gasteiger partial charge in [0.15, 0.2) is 5.82 Å². The van der Waals surface area contributed by atoms with E-state index < -0.39 is 17.6 Å². The highest BCUT2D eigenvalue weighted by Crippen LogP contribution is 2.39. The van der Waals surface area contributed by atoms with Crippen molar-refractivity contribution in [2.24, 2.45) is 0 Å². The molecule has 8 rings (SSSR count). The molecule has 6 heterocycles. The Hall–Kier alpha value is -4.62. The van der Waals surface area contributed by atoms with Gasteiger partial charge in [0.25, 0.3) is 0 Å². The molecule has 2 aromatic carbocycles. The van der Waals surface area contributed by atoms with E-state index in [2.05, 4.69) is 25.1 Å². The normalized spacial score (nSPS) is 21.4. The number of methoxy groups -OCH3 is 1. The zero-order valence-corrected chi connectivity index (χ0v) is 25.5. The molecule has 11 nitrogen and oxygen atoms in total. The Bertz CT molecular complexity index is 1940. The zero-order chi connectivity index (χ0) is 31.9. The van der Waals surface area contributed by atoms with E-state index >= 15 is 0 Å². The summed E-state index contributed by atoms with van der Waals surface area (Å²) in [5, 5.41) is 18.0. The molecule has 5 aromatic rings. The number of hydrogen-bond donors (Lipinski definition) is 2. The molecule has 0 spiro atoms. The van der Waals surface area contributed by atoms with Crippen LogP contribution in [0.5, 0.6) is 11.8 Å². The minimum atomic E-state index is -0.688. The van der Waals surface area contributed by atoms with E-state index in [0.717, 1.165) is 18.5 Å². The molecular weight excluding hydrogens is 598 g/mol. The highest BCUT2D eigenvalue weighted by atomic mass is 19.1. The second kappa shape index (κ2) is 12.3. The van der Waals surface area contributed by atoms with Crippen LogP contribution in [-0.2, 0) is 4.74 Å². The number of aryl methyl sites for hydroxylation is 1. The van der Waals surface area contributed by atoms with Crippen LogP contribution in [0, 0.1) is 12.7 Å². The zero-order valence-electron chi connectivity index (χ0n) is 25.5. The largest absolute Gasteiger partial charge is 0.508 e. The summed E-state index contributed by atoms with van der Waals surface area (Å²) in [6.07, 6.45) is 5.98. The molecule has 0 radical (unpaired) electrons. The molecule has 3 aliphatic heterocycles. The maximum atomic E-state index is 14.9. The van der Waals surface area contributed by atoms with Gasteiger partial charge in [0.1, 0.15) is 35.0 Å². The first-order valence-corrected chi connectivity index (χ1v) is 15.3. The van der Waals surface area contributed by atoms with Crippen molar-refractivity contribution in [1.29, 1.82) is 0 Å². The third kappa shape index (κ3) is 5.53. The number of phenols is 1. The summed E-state index contributed by atoms with van der Waals surface area (Å²) in [4.78, 5) is 26.7. The number of hydrogen-bond acceptors (Lipinski definition) is 10. The number of fused-ring (bicyclic) bond motifs is 3. The molecule has 0 bridgehead atoms. The van der Waals surface area contributed by atoms with E-state index in [1.165, 1.54) is 38.2 Å². The van der Waals surface area contributed by atoms with Gasteiger partial charge in [-0.05, 0) is 56.3 Å². The Kier molecular flexibility index (Phi) is 8.03. The van der Waals surface area contributed by atoms with Crippen molar-refractivity contribution in [3.8, 4) is 23.1 Å². The van der Waals surface area contributed by atoms with Crippen LogP contribution in [0.2, 0.25) is 0 Å². The number of aromatic amines is 1. The fraction of sp³-hybridized carbons (Fsp3) is 0.394. The van der Waals surface area contributed by atoms with Gasteiger partial charge >= 0.3 is 11.6 Å². The van der Waals surface area contributed by atoms with Crippen LogP contribution < -0.4 is 15.3 Å². The molecule has 0 saturated carbocycles. The number of aromatic nitrogens is 4. The maximum absolute atomic E-state index is 14.9. The van der Waals surface area contributed by atoms with E-state index in [0.29, 0.717) is 54.6 Å². The van der Waals surface area contributed by atoms with Gasteiger partial charge in [0.05, 0.1) is 32.0 Å². The number of aromatic hydroxyl groups is 1. The third-order valence-electron chi connectivity index (χ3n) is 9.02. The van der Waals surface area contributed by atoms with Gasteiger partial charge in [-0.1, -0.05) is 12.1 Å². The highest BCUT2D eigenvalue weighted by Gasteiger charge is 2.35. The number of rotatable bonds is 4. The Morgan fingerprint density at radius 1 is 1.15 bits per heavy atom. The Balaban J connectivity index is 0.000000321. The van der Waals surface area contributed by atoms with Gasteiger partial charge in [-0.15, -0.1) is 0 Å². The molecule has 3 unspecified atom stereocenters. The molecule has 0 amide bonds. The van der Waals surface area contributed by atoms with Crippen LogP contribution in [-0.4, -0.2) is 82.3 Å². The van der Waals surface area contributed by atoms with E-state index in [4.69, 9.17) is 13.9 Å². The van der Waals surface area contributed by atoms with Crippen molar-refractivity contribution >= 4 is 27.5 Å². The number of morpholine rings is 1. The van der Waals surface area contributed by atoms with Gasteiger partial charge in [-0.25, -0.2) is 13.6 Å². The smallest absolute Gasteiger partial charge is 0.349 e. The average Bonchev–Trinajstić information content (AvgIpc) is 3.81. The molecule has 3 saturated heterocycles. The number of H-pyrrole nitrogens is 1. The number of ether oxygens (including phenoxy) is 2. The predicted octanol–water partition coefficient (Wildman–Crippen LogP) is 5.06. The lowest BCUT2D eigenvalue weighted by Crippen LogP contribution is -2.39. The van der Waals surface area contributed by atoms with Crippen LogP contribution in [0.4, 0.5) is 14.6 Å². The van der Waals surface area contributed by atoms with Gasteiger partial charge < -0.3 is 23.9 Å². The van der Waals surface area contributed by atoms with Crippen molar-refractivity contribution in [2.75, 3.05) is 44.8 Å². The number of halogens is 2. The molecule has 3 fully saturated rings. The molecule has 3 atom stereocenters.